The first-order valence-electron chi connectivity index (χ1n) is 5.80. The number of amides is 1. The summed E-state index contributed by atoms with van der Waals surface area (Å²) in [6.45, 7) is 5.80. The van der Waals surface area contributed by atoms with Gasteiger partial charge in [0.05, 0.1) is 0 Å². The molecule has 0 aliphatic rings. The number of nitrogens with one attached hydrogen (secondary N) is 3. The van der Waals surface area contributed by atoms with Crippen LogP contribution < -0.4 is 5.32 Å². The van der Waals surface area contributed by atoms with Gasteiger partial charge in [0.25, 0.3) is 5.91 Å². The molecule has 2 aromatic heterocycles. The molecule has 0 aliphatic carbocycles. The van der Waals surface area contributed by atoms with Crippen molar-refractivity contribution in [1.29, 1.82) is 0 Å². The number of aromatic amines is 2. The standard InChI is InChI=1S/C11H14N6O3/c1-11(2,3)10-13-7(16-17-10)8(18)12-6-4-5(9(19)20)14-15-6/h4H,1-3H3,(H,19,20)(H,13,16,17)(H2,12,14,15,18). The van der Waals surface area contributed by atoms with Crippen molar-refractivity contribution < 1.29 is 14.7 Å². The van der Waals surface area contributed by atoms with E-state index in [1.165, 1.54) is 6.07 Å². The molecule has 9 heteroatoms. The normalized spacial score (nSPS) is 11.3. The largest absolute Gasteiger partial charge is 0.477 e. The first-order chi connectivity index (χ1) is 9.27. The van der Waals surface area contributed by atoms with Gasteiger partial charge in [-0.25, -0.2) is 9.78 Å². The van der Waals surface area contributed by atoms with Gasteiger partial charge in [-0.1, -0.05) is 20.8 Å². The molecule has 9 nitrogen and oxygen atoms in total. The fraction of sp³-hybridized carbons (Fsp3) is 0.364. The van der Waals surface area contributed by atoms with Crippen LogP contribution in [-0.4, -0.2) is 42.4 Å². The van der Waals surface area contributed by atoms with Crippen LogP contribution >= 0.6 is 0 Å². The molecule has 106 valence electrons. The number of carbonyl (C=O) groups is 2. The predicted octanol–water partition coefficient (Wildman–Crippen LogP) is 0.776. The summed E-state index contributed by atoms with van der Waals surface area (Å²) in [6.07, 6.45) is 0. The zero-order valence-electron chi connectivity index (χ0n) is 11.2. The molecule has 0 bridgehead atoms. The van der Waals surface area contributed by atoms with Crippen LogP contribution in [0, 0.1) is 0 Å². The molecule has 0 aliphatic heterocycles. The van der Waals surface area contributed by atoms with E-state index in [0.29, 0.717) is 5.82 Å². The Morgan fingerprint density at radius 2 is 1.95 bits per heavy atom. The maximum Gasteiger partial charge on any atom is 0.353 e. The lowest BCUT2D eigenvalue weighted by atomic mass is 9.96. The Bertz CT molecular complexity index is 651. The maximum absolute atomic E-state index is 11.9. The summed E-state index contributed by atoms with van der Waals surface area (Å²) in [7, 11) is 0. The summed E-state index contributed by atoms with van der Waals surface area (Å²) >= 11 is 0. The second-order valence-electron chi connectivity index (χ2n) is 5.18. The Labute approximate surface area is 113 Å². The van der Waals surface area contributed by atoms with E-state index < -0.39 is 11.9 Å². The van der Waals surface area contributed by atoms with Gasteiger partial charge in [0, 0.05) is 11.5 Å². The number of nitrogens with zero attached hydrogens (tertiary/aromatic N) is 3. The van der Waals surface area contributed by atoms with E-state index in [9.17, 15) is 9.59 Å². The summed E-state index contributed by atoms with van der Waals surface area (Å²) in [5.74, 6) is -1.09. The van der Waals surface area contributed by atoms with Crippen molar-refractivity contribution in [1.82, 2.24) is 25.4 Å². The second kappa shape index (κ2) is 4.76. The summed E-state index contributed by atoms with van der Waals surface area (Å²) in [5.41, 5.74) is -0.375. The maximum atomic E-state index is 11.9. The van der Waals surface area contributed by atoms with Crippen LogP contribution in [0.5, 0.6) is 0 Å². The number of H-pyrrole nitrogens is 2. The van der Waals surface area contributed by atoms with Crippen molar-refractivity contribution in [2.75, 3.05) is 5.32 Å². The number of aromatic carboxylic acids is 1. The van der Waals surface area contributed by atoms with Crippen molar-refractivity contribution in [3.05, 3.63) is 23.4 Å². The molecular weight excluding hydrogens is 264 g/mol. The quantitative estimate of drug-likeness (QED) is 0.654. The molecule has 4 N–H and O–H groups in total. The first-order valence-corrected chi connectivity index (χ1v) is 5.80. The lowest BCUT2D eigenvalue weighted by Crippen LogP contribution is -2.16. The summed E-state index contributed by atoms with van der Waals surface area (Å²) < 4.78 is 0. The number of aromatic nitrogens is 5. The average Bonchev–Trinajstić information content (AvgIpc) is 2.95. The molecule has 0 fully saturated rings. The third kappa shape index (κ3) is 2.82. The molecule has 0 spiro atoms. The molecule has 0 radical (unpaired) electrons. The second-order valence-corrected chi connectivity index (χ2v) is 5.18. The third-order valence-electron chi connectivity index (χ3n) is 2.45. The number of carboxylic acid groups (broad SMARTS) is 1. The van der Waals surface area contributed by atoms with Gasteiger partial charge in [-0.2, -0.15) is 5.10 Å². The van der Waals surface area contributed by atoms with E-state index in [0.717, 1.165) is 0 Å². The number of carbonyl (C=O) groups excluding carboxylic acids is 1. The van der Waals surface area contributed by atoms with Crippen LogP contribution in [0.3, 0.4) is 0 Å². The molecule has 0 saturated heterocycles. The van der Waals surface area contributed by atoms with Crippen molar-refractivity contribution in [3.63, 3.8) is 0 Å². The highest BCUT2D eigenvalue weighted by molar-refractivity contribution is 6.01. The van der Waals surface area contributed by atoms with Crippen molar-refractivity contribution >= 4 is 17.7 Å². The zero-order chi connectivity index (χ0) is 14.9. The lowest BCUT2D eigenvalue weighted by molar-refractivity contribution is 0.0690. The van der Waals surface area contributed by atoms with Crippen LogP contribution in [0.25, 0.3) is 0 Å². The van der Waals surface area contributed by atoms with E-state index in [-0.39, 0.29) is 22.8 Å². The number of hydrogen-bond acceptors (Lipinski definition) is 5. The van der Waals surface area contributed by atoms with E-state index in [1.807, 2.05) is 20.8 Å². The fourth-order valence-electron chi connectivity index (χ4n) is 1.37. The lowest BCUT2D eigenvalue weighted by Gasteiger charge is -2.12. The van der Waals surface area contributed by atoms with Gasteiger partial charge in [-0.3, -0.25) is 15.0 Å². The molecule has 0 atom stereocenters. The van der Waals surface area contributed by atoms with Crippen molar-refractivity contribution in [2.24, 2.45) is 0 Å². The first kappa shape index (κ1) is 13.7. The smallest absolute Gasteiger partial charge is 0.353 e. The average molecular weight is 278 g/mol. The van der Waals surface area contributed by atoms with Crippen LogP contribution in [0.4, 0.5) is 5.82 Å². The minimum Gasteiger partial charge on any atom is -0.477 e. The van der Waals surface area contributed by atoms with Gasteiger partial charge in [-0.05, 0) is 0 Å². The highest BCUT2D eigenvalue weighted by Crippen LogP contribution is 2.17. The highest BCUT2D eigenvalue weighted by atomic mass is 16.4. The molecule has 0 saturated carbocycles. The molecule has 1 amide bonds. The molecule has 2 heterocycles. The van der Waals surface area contributed by atoms with Gasteiger partial charge in [-0.15, -0.1) is 5.10 Å². The fourth-order valence-corrected chi connectivity index (χ4v) is 1.37. The number of rotatable bonds is 3. The number of anilines is 1. The molecule has 0 aromatic carbocycles. The van der Waals surface area contributed by atoms with Crippen LogP contribution in [0.15, 0.2) is 6.07 Å². The van der Waals surface area contributed by atoms with E-state index in [1.54, 1.807) is 0 Å². The molecule has 2 rings (SSSR count). The molecule has 0 unspecified atom stereocenters. The van der Waals surface area contributed by atoms with Gasteiger partial charge >= 0.3 is 5.97 Å². The molecular formula is C11H14N6O3. The Morgan fingerprint density at radius 3 is 2.45 bits per heavy atom. The zero-order valence-corrected chi connectivity index (χ0v) is 11.2. The van der Waals surface area contributed by atoms with Crippen molar-refractivity contribution in [2.45, 2.75) is 26.2 Å². The molecule has 2 aromatic rings. The van der Waals surface area contributed by atoms with E-state index >= 15 is 0 Å². The SMILES string of the molecule is CC(C)(C)c1nc(C(=O)Nc2cc(C(=O)O)[nH]n2)n[nH]1. The number of carboxylic acids is 1. The number of hydrogen-bond donors (Lipinski definition) is 4. The minimum atomic E-state index is -1.16. The highest BCUT2D eigenvalue weighted by Gasteiger charge is 2.21. The Morgan fingerprint density at radius 1 is 1.25 bits per heavy atom. The van der Waals surface area contributed by atoms with E-state index in [2.05, 4.69) is 30.7 Å². The van der Waals surface area contributed by atoms with Crippen LogP contribution in [0.1, 0.15) is 47.7 Å². The summed E-state index contributed by atoms with van der Waals surface area (Å²) in [4.78, 5) is 26.6. The van der Waals surface area contributed by atoms with Crippen LogP contribution in [-0.2, 0) is 5.41 Å². The van der Waals surface area contributed by atoms with Gasteiger partial charge in [0.2, 0.25) is 5.82 Å². The Balaban J connectivity index is 2.11. The van der Waals surface area contributed by atoms with Crippen molar-refractivity contribution in [3.8, 4) is 0 Å². The topological polar surface area (TPSA) is 137 Å². The van der Waals surface area contributed by atoms with Gasteiger partial charge in [0.15, 0.2) is 5.82 Å². The molecule has 20 heavy (non-hydrogen) atoms. The Kier molecular flexibility index (Phi) is 3.26. The summed E-state index contributed by atoms with van der Waals surface area (Å²) in [6, 6.07) is 1.21. The summed E-state index contributed by atoms with van der Waals surface area (Å²) in [5, 5.41) is 23.6. The Hall–Kier alpha value is -2.71. The van der Waals surface area contributed by atoms with E-state index in [4.69, 9.17) is 5.11 Å². The van der Waals surface area contributed by atoms with Crippen LogP contribution in [0.2, 0.25) is 0 Å². The van der Waals surface area contributed by atoms with Gasteiger partial charge < -0.3 is 10.4 Å². The third-order valence-corrected chi connectivity index (χ3v) is 2.45. The van der Waals surface area contributed by atoms with Gasteiger partial charge in [0.1, 0.15) is 11.5 Å². The minimum absolute atomic E-state index is 0.0326. The monoisotopic (exact) mass is 278 g/mol. The predicted molar refractivity (Wildman–Crippen MR) is 68.6 cm³/mol.